The number of ether oxygens (including phenoxy) is 1. The van der Waals surface area contributed by atoms with E-state index in [4.69, 9.17) is 9.15 Å². The van der Waals surface area contributed by atoms with E-state index in [9.17, 15) is 18.0 Å². The van der Waals surface area contributed by atoms with E-state index < -0.39 is 34.4 Å². The molecule has 1 aliphatic heterocycles. The van der Waals surface area contributed by atoms with Crippen molar-refractivity contribution in [2.75, 3.05) is 18.1 Å². The monoisotopic (exact) mass is 366 g/mol. The van der Waals surface area contributed by atoms with Crippen LogP contribution in [0.1, 0.15) is 22.7 Å². The number of esters is 1. The predicted molar refractivity (Wildman–Crippen MR) is 87.4 cm³/mol. The molecule has 0 spiro atoms. The Morgan fingerprint density at radius 3 is 2.76 bits per heavy atom. The average molecular weight is 366 g/mol. The maximum atomic E-state index is 12.5. The highest BCUT2D eigenvalue weighted by molar-refractivity contribution is 7.91. The van der Waals surface area contributed by atoms with Crippen LogP contribution in [0.5, 0.6) is 0 Å². The normalized spacial score (nSPS) is 18.8. The van der Waals surface area contributed by atoms with Crippen LogP contribution in [0, 0.1) is 0 Å². The van der Waals surface area contributed by atoms with E-state index in [0.717, 1.165) is 0 Å². The Labute approximate surface area is 144 Å². The van der Waals surface area contributed by atoms with Crippen molar-refractivity contribution in [3.8, 4) is 0 Å². The van der Waals surface area contributed by atoms with Gasteiger partial charge < -0.3 is 19.0 Å². The molecule has 0 bridgehead atoms. The van der Waals surface area contributed by atoms with Gasteiger partial charge in [0.15, 0.2) is 16.4 Å². The lowest BCUT2D eigenvalue weighted by Gasteiger charge is -2.27. The highest BCUT2D eigenvalue weighted by Gasteiger charge is 2.35. The van der Waals surface area contributed by atoms with Crippen molar-refractivity contribution in [3.05, 3.63) is 48.2 Å². The van der Waals surface area contributed by atoms with Crippen molar-refractivity contribution in [2.45, 2.75) is 19.0 Å². The number of hydrogen-bond acceptors (Lipinski definition) is 6. The zero-order chi connectivity index (χ0) is 17.9. The lowest BCUT2D eigenvalue weighted by molar-refractivity contribution is -0.137. The van der Waals surface area contributed by atoms with Crippen molar-refractivity contribution in [1.29, 1.82) is 0 Å². The van der Waals surface area contributed by atoms with Crippen molar-refractivity contribution in [3.63, 3.8) is 0 Å². The molecular formula is C16H18N2O6S. The molecule has 1 aliphatic rings. The van der Waals surface area contributed by atoms with Gasteiger partial charge in [-0.15, -0.1) is 0 Å². The van der Waals surface area contributed by atoms with Gasteiger partial charge in [-0.05, 0) is 30.7 Å². The lowest BCUT2D eigenvalue weighted by atomic mass is 10.2. The summed E-state index contributed by atoms with van der Waals surface area (Å²) >= 11 is 0. The maximum Gasteiger partial charge on any atom is 0.355 e. The first-order valence-electron chi connectivity index (χ1n) is 7.77. The SMILES string of the molecule is O=C(OCC(=O)N(Cc1ccco1)[C@H]1CCS(=O)(=O)C1)c1ccc[nH]1. The number of carbonyl (C=O) groups excluding carboxylic acids is 2. The molecule has 9 heteroatoms. The highest BCUT2D eigenvalue weighted by atomic mass is 32.2. The van der Waals surface area contributed by atoms with Gasteiger partial charge in [0.25, 0.3) is 5.91 Å². The first-order chi connectivity index (χ1) is 11.9. The van der Waals surface area contributed by atoms with Gasteiger partial charge in [0.1, 0.15) is 11.5 Å². The van der Waals surface area contributed by atoms with Gasteiger partial charge in [-0.1, -0.05) is 0 Å². The predicted octanol–water partition coefficient (Wildman–Crippen LogP) is 0.980. The number of aromatic nitrogens is 1. The number of H-pyrrole nitrogens is 1. The number of carbonyl (C=O) groups is 2. The fraction of sp³-hybridized carbons (Fsp3) is 0.375. The van der Waals surface area contributed by atoms with Crippen molar-refractivity contribution in [1.82, 2.24) is 9.88 Å². The Morgan fingerprint density at radius 2 is 2.16 bits per heavy atom. The molecule has 134 valence electrons. The Bertz CT molecular complexity index is 826. The van der Waals surface area contributed by atoms with Crippen LogP contribution in [0.2, 0.25) is 0 Å². The topological polar surface area (TPSA) is 110 Å². The third kappa shape index (κ3) is 4.30. The summed E-state index contributed by atoms with van der Waals surface area (Å²) in [7, 11) is -3.16. The van der Waals surface area contributed by atoms with E-state index in [1.54, 1.807) is 24.4 Å². The summed E-state index contributed by atoms with van der Waals surface area (Å²) in [5.41, 5.74) is 0.244. The summed E-state index contributed by atoms with van der Waals surface area (Å²) in [6, 6.07) is 6.12. The minimum atomic E-state index is -3.16. The maximum absolute atomic E-state index is 12.5. The van der Waals surface area contributed by atoms with Crippen LogP contribution in [-0.2, 0) is 25.9 Å². The van der Waals surface area contributed by atoms with Gasteiger partial charge >= 0.3 is 5.97 Å². The summed E-state index contributed by atoms with van der Waals surface area (Å²) < 4.78 is 33.8. The number of furan rings is 1. The molecule has 0 aliphatic carbocycles. The largest absolute Gasteiger partial charge is 0.467 e. The number of sulfone groups is 1. The van der Waals surface area contributed by atoms with Crippen LogP contribution in [0.4, 0.5) is 0 Å². The number of rotatable bonds is 6. The van der Waals surface area contributed by atoms with Gasteiger partial charge in [0, 0.05) is 12.2 Å². The van der Waals surface area contributed by atoms with E-state index in [1.807, 2.05) is 0 Å². The average Bonchev–Trinajstić information content (AvgIpc) is 3.31. The molecule has 1 saturated heterocycles. The summed E-state index contributed by atoms with van der Waals surface area (Å²) in [5, 5.41) is 0. The Balaban J connectivity index is 1.67. The molecule has 0 radical (unpaired) electrons. The molecule has 2 aromatic rings. The molecule has 8 nitrogen and oxygen atoms in total. The van der Waals surface area contributed by atoms with Gasteiger partial charge in [0.2, 0.25) is 0 Å². The van der Waals surface area contributed by atoms with Gasteiger partial charge in [0.05, 0.1) is 24.3 Å². The van der Waals surface area contributed by atoms with Crippen LogP contribution < -0.4 is 0 Å². The minimum absolute atomic E-state index is 0.0435. The second kappa shape index (κ2) is 7.14. The molecule has 1 amide bonds. The number of amides is 1. The van der Waals surface area contributed by atoms with Crippen LogP contribution in [0.3, 0.4) is 0 Å². The third-order valence-corrected chi connectivity index (χ3v) is 5.77. The number of hydrogen-bond donors (Lipinski definition) is 1. The van der Waals surface area contributed by atoms with E-state index in [1.165, 1.54) is 17.2 Å². The number of nitrogens with zero attached hydrogens (tertiary/aromatic N) is 1. The van der Waals surface area contributed by atoms with Crippen molar-refractivity contribution >= 4 is 21.7 Å². The second-order valence-electron chi connectivity index (χ2n) is 5.82. The van der Waals surface area contributed by atoms with E-state index in [0.29, 0.717) is 12.2 Å². The Hall–Kier alpha value is -2.55. The quantitative estimate of drug-likeness (QED) is 0.763. The van der Waals surface area contributed by atoms with Crippen LogP contribution in [0.25, 0.3) is 0 Å². The molecule has 2 aromatic heterocycles. The summed E-state index contributed by atoms with van der Waals surface area (Å²) in [6.07, 6.45) is 3.42. The van der Waals surface area contributed by atoms with Crippen LogP contribution >= 0.6 is 0 Å². The molecule has 3 heterocycles. The molecule has 0 saturated carbocycles. The number of aromatic amines is 1. The smallest absolute Gasteiger partial charge is 0.355 e. The fourth-order valence-electron chi connectivity index (χ4n) is 2.76. The standard InChI is InChI=1S/C16H18N2O6S/c19-15(10-24-16(20)14-4-1-6-17-14)18(9-13-3-2-7-23-13)12-5-8-25(21,22)11-12/h1-4,6-7,12,17H,5,8-11H2/t12-/m0/s1. The third-order valence-electron chi connectivity index (χ3n) is 4.02. The van der Waals surface area contributed by atoms with E-state index in [2.05, 4.69) is 4.98 Å². The summed E-state index contributed by atoms with van der Waals surface area (Å²) in [6.45, 7) is -0.332. The second-order valence-corrected chi connectivity index (χ2v) is 8.05. The summed E-state index contributed by atoms with van der Waals surface area (Å²) in [4.78, 5) is 28.5. The number of nitrogens with one attached hydrogen (secondary N) is 1. The zero-order valence-electron chi connectivity index (χ0n) is 13.4. The molecule has 25 heavy (non-hydrogen) atoms. The van der Waals surface area contributed by atoms with Crippen LogP contribution in [0.15, 0.2) is 41.1 Å². The molecule has 1 atom stereocenters. The molecular weight excluding hydrogens is 348 g/mol. The lowest BCUT2D eigenvalue weighted by Crippen LogP contribution is -2.42. The van der Waals surface area contributed by atoms with Crippen LogP contribution in [-0.4, -0.2) is 54.3 Å². The van der Waals surface area contributed by atoms with Gasteiger partial charge in [-0.25, -0.2) is 13.2 Å². The molecule has 1 N–H and O–H groups in total. The first kappa shape index (κ1) is 17.3. The van der Waals surface area contributed by atoms with Crippen molar-refractivity contribution in [2.24, 2.45) is 0 Å². The Kier molecular flexibility index (Phi) is 4.93. The fourth-order valence-corrected chi connectivity index (χ4v) is 4.49. The molecule has 0 aromatic carbocycles. The van der Waals surface area contributed by atoms with E-state index >= 15 is 0 Å². The molecule has 0 unspecified atom stereocenters. The van der Waals surface area contributed by atoms with Gasteiger partial charge in [-0.3, -0.25) is 4.79 Å². The first-order valence-corrected chi connectivity index (χ1v) is 9.59. The Morgan fingerprint density at radius 1 is 1.32 bits per heavy atom. The van der Waals surface area contributed by atoms with Crippen molar-refractivity contribution < 1.29 is 27.2 Å². The molecule has 3 rings (SSSR count). The molecule has 1 fully saturated rings. The minimum Gasteiger partial charge on any atom is -0.467 e. The summed E-state index contributed by atoms with van der Waals surface area (Å²) in [5.74, 6) is -0.617. The highest BCUT2D eigenvalue weighted by Crippen LogP contribution is 2.20. The van der Waals surface area contributed by atoms with Gasteiger partial charge in [-0.2, -0.15) is 0 Å². The van der Waals surface area contributed by atoms with E-state index in [-0.39, 0.29) is 23.7 Å². The zero-order valence-corrected chi connectivity index (χ0v) is 14.2.